The van der Waals surface area contributed by atoms with Gasteiger partial charge in [-0.1, -0.05) is 36.4 Å². The van der Waals surface area contributed by atoms with Crippen LogP contribution < -0.4 is 10.6 Å². The first-order valence-electron chi connectivity index (χ1n) is 12.0. The maximum atomic E-state index is 13.0. The fourth-order valence-corrected chi connectivity index (χ4v) is 4.30. The van der Waals surface area contributed by atoms with Gasteiger partial charge in [-0.05, 0) is 72.9 Å². The Hall–Kier alpha value is -4.34. The number of carbonyl (C=O) groups excluding carboxylic acids is 2. The molecule has 3 N–H and O–H groups in total. The average Bonchev–Trinajstić information content (AvgIpc) is 3.39. The second kappa shape index (κ2) is 11.0. The number of hydrogen-bond acceptors (Lipinski definition) is 3. The number of aromatic carboxylic acids is 1. The van der Waals surface area contributed by atoms with Crippen molar-refractivity contribution < 1.29 is 32.7 Å². The van der Waals surface area contributed by atoms with Gasteiger partial charge in [0, 0.05) is 17.9 Å². The number of benzene rings is 3. The molecule has 0 bridgehead atoms. The second-order valence-corrected chi connectivity index (χ2v) is 9.12. The molecule has 3 aromatic carbocycles. The monoisotopic (exact) mass is 525 g/mol. The summed E-state index contributed by atoms with van der Waals surface area (Å²) in [6, 6.07) is 17.8. The molecule has 38 heavy (non-hydrogen) atoms. The van der Waals surface area contributed by atoms with Crippen LogP contribution in [0.1, 0.15) is 41.6 Å². The molecule has 0 spiro atoms. The molecule has 7 nitrogen and oxygen atoms in total. The summed E-state index contributed by atoms with van der Waals surface area (Å²) in [6.07, 6.45) is -3.23. The van der Waals surface area contributed by atoms with E-state index in [0.29, 0.717) is 30.8 Å². The minimum atomic E-state index is -4.35. The molecule has 1 saturated heterocycles. The molecule has 10 heteroatoms. The van der Waals surface area contributed by atoms with Gasteiger partial charge in [0.05, 0.1) is 11.5 Å². The first-order valence-corrected chi connectivity index (χ1v) is 12.0. The zero-order chi connectivity index (χ0) is 27.4. The van der Waals surface area contributed by atoms with Crippen molar-refractivity contribution in [2.45, 2.75) is 37.9 Å². The van der Waals surface area contributed by atoms with Crippen LogP contribution in [-0.2, 0) is 4.79 Å². The Balaban J connectivity index is 1.36. The Kier molecular flexibility index (Phi) is 7.70. The van der Waals surface area contributed by atoms with Crippen molar-refractivity contribution in [1.29, 1.82) is 0 Å². The van der Waals surface area contributed by atoms with Gasteiger partial charge in [-0.3, -0.25) is 4.79 Å². The number of urea groups is 1. The van der Waals surface area contributed by atoms with Crippen LogP contribution in [0.5, 0.6) is 0 Å². The van der Waals surface area contributed by atoms with Crippen LogP contribution in [0.25, 0.3) is 11.1 Å². The van der Waals surface area contributed by atoms with Crippen LogP contribution >= 0.6 is 0 Å². The standard InChI is InChI=1S/C28H26F3N3O4/c1-17(28(29,30)31)18-8-12-23(13-9-18)33-27(38)34-16-2-3-24(34)25(35)32-22-14-10-20(11-15-22)19-4-6-21(7-5-19)26(36)37/h4-15,17,24H,2-3,16H2,1H3,(H,32,35)(H,33,38)(H,36,37)/t17?,24-/m1/s1. The van der Waals surface area contributed by atoms with Crippen molar-refractivity contribution in [3.63, 3.8) is 0 Å². The van der Waals surface area contributed by atoms with Gasteiger partial charge in [0.1, 0.15) is 6.04 Å². The number of amides is 3. The van der Waals surface area contributed by atoms with E-state index in [0.717, 1.165) is 18.1 Å². The molecule has 3 amide bonds. The smallest absolute Gasteiger partial charge is 0.395 e. The number of alkyl halides is 3. The number of nitrogens with one attached hydrogen (secondary N) is 2. The summed E-state index contributed by atoms with van der Waals surface area (Å²) in [7, 11) is 0. The number of carboxylic acids is 1. The van der Waals surface area contributed by atoms with Crippen LogP contribution in [-0.4, -0.2) is 46.7 Å². The summed E-state index contributed by atoms with van der Waals surface area (Å²) >= 11 is 0. The van der Waals surface area contributed by atoms with Crippen molar-refractivity contribution in [1.82, 2.24) is 4.90 Å². The Morgan fingerprint density at radius 2 is 1.39 bits per heavy atom. The summed E-state index contributed by atoms with van der Waals surface area (Å²) < 4.78 is 38.8. The zero-order valence-corrected chi connectivity index (χ0v) is 20.5. The number of nitrogens with zero attached hydrogens (tertiary/aromatic N) is 1. The van der Waals surface area contributed by atoms with Gasteiger partial charge in [0.25, 0.3) is 0 Å². The van der Waals surface area contributed by atoms with Crippen LogP contribution in [0.2, 0.25) is 0 Å². The fraction of sp³-hybridized carbons (Fsp3) is 0.250. The third-order valence-corrected chi connectivity index (χ3v) is 6.59. The zero-order valence-electron chi connectivity index (χ0n) is 20.5. The molecule has 1 fully saturated rings. The van der Waals surface area contributed by atoms with E-state index in [1.54, 1.807) is 36.4 Å². The first kappa shape index (κ1) is 26.7. The Morgan fingerprint density at radius 3 is 1.95 bits per heavy atom. The van der Waals surface area contributed by atoms with Crippen molar-refractivity contribution in [2.75, 3.05) is 17.2 Å². The number of halogens is 3. The normalized spacial score (nSPS) is 16.1. The van der Waals surface area contributed by atoms with E-state index in [4.69, 9.17) is 5.11 Å². The molecular weight excluding hydrogens is 499 g/mol. The highest BCUT2D eigenvalue weighted by atomic mass is 19.4. The van der Waals surface area contributed by atoms with Gasteiger partial charge in [0.15, 0.2) is 0 Å². The van der Waals surface area contributed by atoms with Gasteiger partial charge in [-0.25, -0.2) is 9.59 Å². The van der Waals surface area contributed by atoms with Crippen molar-refractivity contribution in [2.24, 2.45) is 0 Å². The molecule has 2 atom stereocenters. The van der Waals surface area contributed by atoms with Crippen LogP contribution in [0.15, 0.2) is 72.8 Å². The van der Waals surface area contributed by atoms with Gasteiger partial charge in [-0.15, -0.1) is 0 Å². The SMILES string of the molecule is CC(c1ccc(NC(=O)N2CCC[C@@H]2C(=O)Nc2ccc(-c3ccc(C(=O)O)cc3)cc2)cc1)C(F)(F)F. The summed E-state index contributed by atoms with van der Waals surface area (Å²) in [6.45, 7) is 1.45. The van der Waals surface area contributed by atoms with E-state index in [-0.39, 0.29) is 17.0 Å². The summed E-state index contributed by atoms with van der Waals surface area (Å²) in [5.74, 6) is -2.96. The number of hydrogen-bond donors (Lipinski definition) is 3. The molecule has 0 saturated carbocycles. The number of anilines is 2. The van der Waals surface area contributed by atoms with E-state index in [1.165, 1.54) is 41.3 Å². The van der Waals surface area contributed by atoms with Crippen molar-refractivity contribution in [3.8, 4) is 11.1 Å². The van der Waals surface area contributed by atoms with Crippen LogP contribution in [0.3, 0.4) is 0 Å². The molecule has 1 unspecified atom stereocenters. The molecule has 1 aliphatic rings. The van der Waals surface area contributed by atoms with Crippen LogP contribution in [0, 0.1) is 0 Å². The average molecular weight is 526 g/mol. The lowest BCUT2D eigenvalue weighted by molar-refractivity contribution is -0.146. The van der Waals surface area contributed by atoms with Crippen LogP contribution in [0.4, 0.5) is 29.3 Å². The first-order chi connectivity index (χ1) is 18.0. The number of rotatable bonds is 6. The van der Waals surface area contributed by atoms with Gasteiger partial charge in [-0.2, -0.15) is 13.2 Å². The molecule has 1 heterocycles. The highest BCUT2D eigenvalue weighted by Crippen LogP contribution is 2.34. The molecule has 1 aliphatic heterocycles. The van der Waals surface area contributed by atoms with E-state index in [1.807, 2.05) is 0 Å². The molecule has 0 radical (unpaired) electrons. The van der Waals surface area contributed by atoms with Crippen molar-refractivity contribution >= 4 is 29.3 Å². The fourth-order valence-electron chi connectivity index (χ4n) is 4.30. The van der Waals surface area contributed by atoms with Crippen molar-refractivity contribution in [3.05, 3.63) is 83.9 Å². The largest absolute Gasteiger partial charge is 0.478 e. The van der Waals surface area contributed by atoms with Gasteiger partial charge in [0.2, 0.25) is 5.91 Å². The molecule has 0 aliphatic carbocycles. The lowest BCUT2D eigenvalue weighted by Gasteiger charge is -2.24. The van der Waals surface area contributed by atoms with Gasteiger partial charge < -0.3 is 20.6 Å². The Bertz CT molecular complexity index is 1310. The number of likely N-dealkylation sites (tertiary alicyclic amines) is 1. The van der Waals surface area contributed by atoms with E-state index in [2.05, 4.69) is 10.6 Å². The van der Waals surface area contributed by atoms with Gasteiger partial charge >= 0.3 is 18.2 Å². The highest BCUT2D eigenvalue weighted by Gasteiger charge is 2.37. The summed E-state index contributed by atoms with van der Waals surface area (Å²) in [5.41, 5.74) is 2.84. The van der Waals surface area contributed by atoms with E-state index < -0.39 is 30.1 Å². The topological polar surface area (TPSA) is 98.7 Å². The molecule has 198 valence electrons. The maximum Gasteiger partial charge on any atom is 0.395 e. The molecule has 0 aromatic heterocycles. The summed E-state index contributed by atoms with van der Waals surface area (Å²) in [5, 5.41) is 14.5. The Morgan fingerprint density at radius 1 is 0.868 bits per heavy atom. The second-order valence-electron chi connectivity index (χ2n) is 9.12. The third-order valence-electron chi connectivity index (χ3n) is 6.59. The Labute approximate surface area is 217 Å². The minimum absolute atomic E-state index is 0.0946. The number of carboxylic acid groups (broad SMARTS) is 1. The predicted octanol–water partition coefficient (Wildman–Crippen LogP) is 6.35. The molecular formula is C28H26F3N3O4. The number of carbonyl (C=O) groups is 3. The third kappa shape index (κ3) is 6.13. The van der Waals surface area contributed by atoms with E-state index in [9.17, 15) is 27.6 Å². The minimum Gasteiger partial charge on any atom is -0.478 e. The van der Waals surface area contributed by atoms with E-state index >= 15 is 0 Å². The maximum absolute atomic E-state index is 13.0. The predicted molar refractivity (Wildman–Crippen MR) is 137 cm³/mol. The lowest BCUT2D eigenvalue weighted by Crippen LogP contribution is -2.45. The quantitative estimate of drug-likeness (QED) is 0.349. The summed E-state index contributed by atoms with van der Waals surface area (Å²) in [4.78, 5) is 38.2. The molecule has 4 rings (SSSR count). The molecule has 3 aromatic rings. The lowest BCUT2D eigenvalue weighted by atomic mass is 10.0. The highest BCUT2D eigenvalue weighted by molar-refractivity contribution is 5.99.